The molecule has 1 heterocycles. The maximum absolute atomic E-state index is 13.1. The molecule has 0 bridgehead atoms. The average Bonchev–Trinajstić information content (AvgIpc) is 2.59. The molecule has 0 aromatic heterocycles. The van der Waals surface area contributed by atoms with Crippen molar-refractivity contribution in [3.8, 4) is 5.75 Å². The van der Waals surface area contributed by atoms with E-state index in [-0.39, 0.29) is 22.6 Å². The number of carbonyl (C=O) groups is 2. The lowest BCUT2D eigenvalue weighted by atomic mass is 9.91. The molecule has 0 unspecified atom stereocenters. The highest BCUT2D eigenvalue weighted by molar-refractivity contribution is 8.00. The van der Waals surface area contributed by atoms with Gasteiger partial charge in [-0.3, -0.25) is 9.59 Å². The van der Waals surface area contributed by atoms with Crippen molar-refractivity contribution in [2.45, 2.75) is 57.2 Å². The SMILES string of the molecule is COc1ccc(S[C@@H](C)C(=O)N2CCN(C(=O)C(C)(C)C)CC2(C)C)cc1. The van der Waals surface area contributed by atoms with Gasteiger partial charge in [0.25, 0.3) is 0 Å². The van der Waals surface area contributed by atoms with Crippen LogP contribution < -0.4 is 4.74 Å². The van der Waals surface area contributed by atoms with Crippen molar-refractivity contribution < 1.29 is 14.3 Å². The third kappa shape index (κ3) is 5.18. The van der Waals surface area contributed by atoms with Gasteiger partial charge in [-0.25, -0.2) is 0 Å². The molecule has 1 saturated heterocycles. The van der Waals surface area contributed by atoms with Gasteiger partial charge in [-0.15, -0.1) is 11.8 Å². The van der Waals surface area contributed by atoms with Crippen molar-refractivity contribution in [3.05, 3.63) is 24.3 Å². The largest absolute Gasteiger partial charge is 0.497 e. The van der Waals surface area contributed by atoms with Crippen LogP contribution in [-0.4, -0.2) is 59.1 Å². The van der Waals surface area contributed by atoms with E-state index in [1.54, 1.807) is 18.9 Å². The zero-order chi connectivity index (χ0) is 20.4. The molecule has 2 rings (SSSR count). The van der Waals surface area contributed by atoms with Gasteiger partial charge >= 0.3 is 0 Å². The van der Waals surface area contributed by atoms with E-state index in [1.807, 2.05) is 75.6 Å². The molecule has 0 aliphatic carbocycles. The predicted octanol–water partition coefficient (Wildman–Crippen LogP) is 3.67. The molecule has 1 aliphatic heterocycles. The molecule has 1 fully saturated rings. The molecule has 0 radical (unpaired) electrons. The summed E-state index contributed by atoms with van der Waals surface area (Å²) in [4.78, 5) is 30.6. The van der Waals surface area contributed by atoms with Crippen molar-refractivity contribution in [1.82, 2.24) is 9.80 Å². The fraction of sp³-hybridized carbons (Fsp3) is 0.619. The summed E-state index contributed by atoms with van der Waals surface area (Å²) in [6.45, 7) is 13.6. The highest BCUT2D eigenvalue weighted by Crippen LogP contribution is 2.31. The first-order valence-corrected chi connectivity index (χ1v) is 10.3. The zero-order valence-corrected chi connectivity index (χ0v) is 18.4. The molecule has 150 valence electrons. The van der Waals surface area contributed by atoms with Crippen LogP contribution in [0, 0.1) is 5.41 Å². The van der Waals surface area contributed by atoms with Crippen molar-refractivity contribution in [2.24, 2.45) is 5.41 Å². The third-order valence-electron chi connectivity index (χ3n) is 4.82. The molecular weight excluding hydrogens is 360 g/mol. The number of methoxy groups -OCH3 is 1. The second-order valence-corrected chi connectivity index (χ2v) is 10.1. The van der Waals surface area contributed by atoms with Gasteiger partial charge in [-0.2, -0.15) is 0 Å². The van der Waals surface area contributed by atoms with E-state index in [9.17, 15) is 9.59 Å². The Bertz CT molecular complexity index is 680. The molecule has 1 aromatic rings. The number of rotatable bonds is 4. The van der Waals surface area contributed by atoms with Gasteiger partial charge in [-0.1, -0.05) is 20.8 Å². The van der Waals surface area contributed by atoms with Gasteiger partial charge in [-0.05, 0) is 45.0 Å². The van der Waals surface area contributed by atoms with Gasteiger partial charge in [0.05, 0.1) is 17.9 Å². The average molecular weight is 393 g/mol. The Morgan fingerprint density at radius 3 is 2.22 bits per heavy atom. The molecule has 0 saturated carbocycles. The van der Waals surface area contributed by atoms with E-state index in [1.165, 1.54) is 0 Å². The quantitative estimate of drug-likeness (QED) is 0.734. The summed E-state index contributed by atoms with van der Waals surface area (Å²) in [7, 11) is 1.64. The Morgan fingerprint density at radius 1 is 1.15 bits per heavy atom. The summed E-state index contributed by atoms with van der Waals surface area (Å²) < 4.78 is 5.18. The summed E-state index contributed by atoms with van der Waals surface area (Å²) in [5, 5.41) is -0.192. The molecule has 0 N–H and O–H groups in total. The molecule has 2 amide bonds. The van der Waals surface area contributed by atoms with E-state index in [0.29, 0.717) is 19.6 Å². The lowest BCUT2D eigenvalue weighted by molar-refractivity contribution is -0.151. The van der Waals surface area contributed by atoms with Gasteiger partial charge < -0.3 is 14.5 Å². The van der Waals surface area contributed by atoms with Crippen LogP contribution in [0.15, 0.2) is 29.2 Å². The van der Waals surface area contributed by atoms with Gasteiger partial charge in [0.15, 0.2) is 0 Å². The van der Waals surface area contributed by atoms with Gasteiger partial charge in [0.1, 0.15) is 5.75 Å². The van der Waals surface area contributed by atoms with Gasteiger partial charge in [0, 0.05) is 29.9 Å². The van der Waals surface area contributed by atoms with E-state index in [4.69, 9.17) is 4.74 Å². The van der Waals surface area contributed by atoms with E-state index in [0.717, 1.165) is 10.6 Å². The highest BCUT2D eigenvalue weighted by atomic mass is 32.2. The standard InChI is InChI=1S/C21H32N2O3S/c1-15(27-17-10-8-16(26-7)9-11-17)18(24)23-13-12-22(14-21(23,5)6)19(25)20(2,3)4/h8-11,15H,12-14H2,1-7H3/t15-/m0/s1. The van der Waals surface area contributed by atoms with Crippen molar-refractivity contribution in [1.29, 1.82) is 0 Å². The van der Waals surface area contributed by atoms with Crippen LogP contribution in [-0.2, 0) is 9.59 Å². The maximum atomic E-state index is 13.1. The topological polar surface area (TPSA) is 49.9 Å². The smallest absolute Gasteiger partial charge is 0.236 e. The van der Waals surface area contributed by atoms with Crippen LogP contribution in [0.1, 0.15) is 41.5 Å². The number of amides is 2. The molecule has 27 heavy (non-hydrogen) atoms. The number of nitrogens with zero attached hydrogens (tertiary/aromatic N) is 2. The summed E-state index contributed by atoms with van der Waals surface area (Å²) in [5.41, 5.74) is -0.787. The molecule has 5 nitrogen and oxygen atoms in total. The predicted molar refractivity (Wildman–Crippen MR) is 110 cm³/mol. The Kier molecular flexibility index (Phi) is 6.51. The Hall–Kier alpha value is -1.69. The first kappa shape index (κ1) is 21.6. The molecule has 6 heteroatoms. The fourth-order valence-electron chi connectivity index (χ4n) is 3.34. The van der Waals surface area contributed by atoms with Crippen molar-refractivity contribution in [3.63, 3.8) is 0 Å². The minimum atomic E-state index is -0.403. The highest BCUT2D eigenvalue weighted by Gasteiger charge is 2.41. The number of thioether (sulfide) groups is 1. The number of hydrogen-bond donors (Lipinski definition) is 0. The Morgan fingerprint density at radius 2 is 1.74 bits per heavy atom. The summed E-state index contributed by atoms with van der Waals surface area (Å²) in [5.74, 6) is 1.06. The minimum absolute atomic E-state index is 0.115. The maximum Gasteiger partial charge on any atom is 0.236 e. The Balaban J connectivity index is 2.04. The summed E-state index contributed by atoms with van der Waals surface area (Å²) in [6.07, 6.45) is 0. The molecule has 0 spiro atoms. The number of hydrogen-bond acceptors (Lipinski definition) is 4. The summed E-state index contributed by atoms with van der Waals surface area (Å²) in [6, 6.07) is 7.75. The number of benzene rings is 1. The van der Waals surface area contributed by atoms with Crippen LogP contribution in [0.4, 0.5) is 0 Å². The monoisotopic (exact) mass is 392 g/mol. The second-order valence-electron chi connectivity index (χ2n) is 8.71. The fourth-order valence-corrected chi connectivity index (χ4v) is 4.27. The van der Waals surface area contributed by atoms with Crippen molar-refractivity contribution in [2.75, 3.05) is 26.7 Å². The van der Waals surface area contributed by atoms with E-state index in [2.05, 4.69) is 0 Å². The van der Waals surface area contributed by atoms with Crippen LogP contribution >= 0.6 is 11.8 Å². The lowest BCUT2D eigenvalue weighted by Gasteiger charge is -2.49. The van der Waals surface area contributed by atoms with Crippen molar-refractivity contribution >= 4 is 23.6 Å². The molecule has 1 atom stereocenters. The molecular formula is C21H32N2O3S. The number of piperazine rings is 1. The first-order chi connectivity index (χ1) is 12.5. The summed E-state index contributed by atoms with van der Waals surface area (Å²) >= 11 is 1.55. The number of carbonyl (C=O) groups excluding carboxylic acids is 2. The zero-order valence-electron chi connectivity index (χ0n) is 17.5. The van der Waals surface area contributed by atoms with Crippen LogP contribution in [0.5, 0.6) is 5.75 Å². The van der Waals surface area contributed by atoms with E-state index < -0.39 is 5.41 Å². The van der Waals surface area contributed by atoms with Crippen LogP contribution in [0.2, 0.25) is 0 Å². The third-order valence-corrected chi connectivity index (χ3v) is 5.92. The first-order valence-electron chi connectivity index (χ1n) is 9.37. The van der Waals surface area contributed by atoms with Crippen LogP contribution in [0.25, 0.3) is 0 Å². The van der Waals surface area contributed by atoms with Crippen LogP contribution in [0.3, 0.4) is 0 Å². The van der Waals surface area contributed by atoms with E-state index >= 15 is 0 Å². The van der Waals surface area contributed by atoms with Gasteiger partial charge in [0.2, 0.25) is 11.8 Å². The lowest BCUT2D eigenvalue weighted by Crippen LogP contribution is -2.64. The Labute approximate surface area is 167 Å². The second kappa shape index (κ2) is 8.13. The number of ether oxygens (including phenoxy) is 1. The normalized spacial score (nSPS) is 18.2. The molecule has 1 aromatic carbocycles. The molecule has 1 aliphatic rings. The minimum Gasteiger partial charge on any atom is -0.497 e.